The lowest BCUT2D eigenvalue weighted by atomic mass is 9.75. The van der Waals surface area contributed by atoms with Crippen LogP contribution in [0.25, 0.3) is 0 Å². The average molecular weight is 301 g/mol. The summed E-state index contributed by atoms with van der Waals surface area (Å²) in [6.07, 6.45) is 4.74. The van der Waals surface area contributed by atoms with E-state index in [0.29, 0.717) is 0 Å². The Balaban J connectivity index is 2.10. The first-order valence-electron chi connectivity index (χ1n) is 5.55. The summed E-state index contributed by atoms with van der Waals surface area (Å²) >= 11 is 5.25. The Morgan fingerprint density at radius 1 is 1.56 bits per heavy atom. The molecule has 0 radical (unpaired) electrons. The van der Waals surface area contributed by atoms with Crippen molar-refractivity contribution < 1.29 is 5.11 Å². The first kappa shape index (κ1) is 12.3. The van der Waals surface area contributed by atoms with Gasteiger partial charge in [-0.25, -0.2) is 0 Å². The minimum atomic E-state index is -0.262. The van der Waals surface area contributed by atoms with Crippen LogP contribution in [-0.4, -0.2) is 11.2 Å². The molecule has 1 N–H and O–H groups in total. The lowest BCUT2D eigenvalue weighted by Gasteiger charge is -2.32. The van der Waals surface area contributed by atoms with Crippen LogP contribution < -0.4 is 0 Å². The second-order valence-corrected chi connectivity index (χ2v) is 7.26. The number of thiophene rings is 1. The summed E-state index contributed by atoms with van der Waals surface area (Å²) in [4.78, 5) is 1.36. The van der Waals surface area contributed by atoms with Gasteiger partial charge in [-0.3, -0.25) is 0 Å². The van der Waals surface area contributed by atoms with Gasteiger partial charge in [-0.05, 0) is 40.3 Å². The molecule has 1 unspecified atom stereocenters. The predicted octanol–water partition coefficient (Wildman–Crippen LogP) is 4.16. The van der Waals surface area contributed by atoms with Gasteiger partial charge in [0.05, 0.1) is 6.10 Å². The van der Waals surface area contributed by atoms with Gasteiger partial charge in [-0.2, -0.15) is 0 Å². The van der Waals surface area contributed by atoms with Crippen molar-refractivity contribution in [3.05, 3.63) is 32.4 Å². The first-order valence-corrected chi connectivity index (χ1v) is 7.22. The number of hydrogen-bond acceptors (Lipinski definition) is 2. The molecule has 1 aromatic rings. The van der Waals surface area contributed by atoms with Gasteiger partial charge in [0.15, 0.2) is 0 Å². The van der Waals surface area contributed by atoms with Crippen LogP contribution in [0.2, 0.25) is 0 Å². The van der Waals surface area contributed by atoms with Gasteiger partial charge < -0.3 is 5.11 Å². The van der Waals surface area contributed by atoms with Crippen LogP contribution in [0, 0.1) is 5.41 Å². The van der Waals surface area contributed by atoms with Gasteiger partial charge in [-0.15, -0.1) is 11.3 Å². The summed E-state index contributed by atoms with van der Waals surface area (Å²) in [5, 5.41) is 11.9. The molecule has 2 rings (SSSR count). The van der Waals surface area contributed by atoms with Crippen molar-refractivity contribution in [2.24, 2.45) is 5.41 Å². The van der Waals surface area contributed by atoms with Crippen molar-refractivity contribution in [2.75, 3.05) is 0 Å². The fraction of sp³-hybridized carbons (Fsp3) is 0.538. The van der Waals surface area contributed by atoms with Crippen molar-refractivity contribution in [2.45, 2.75) is 39.2 Å². The largest absolute Gasteiger partial charge is 0.389 e. The number of hydrogen-bond donors (Lipinski definition) is 1. The van der Waals surface area contributed by atoms with Gasteiger partial charge in [0.25, 0.3) is 0 Å². The van der Waals surface area contributed by atoms with Crippen molar-refractivity contribution in [3.63, 3.8) is 0 Å². The minimum Gasteiger partial charge on any atom is -0.389 e. The van der Waals surface area contributed by atoms with Crippen LogP contribution in [0.15, 0.2) is 27.6 Å². The third-order valence-corrected chi connectivity index (χ3v) is 4.62. The number of aliphatic hydroxyl groups is 1. The van der Waals surface area contributed by atoms with Crippen LogP contribution in [-0.2, 0) is 6.42 Å². The molecule has 1 atom stereocenters. The van der Waals surface area contributed by atoms with Gasteiger partial charge in [0.2, 0.25) is 0 Å². The van der Waals surface area contributed by atoms with E-state index in [1.165, 1.54) is 10.5 Å². The Labute approximate surface area is 109 Å². The molecule has 1 nitrogen and oxygen atoms in total. The monoisotopic (exact) mass is 300 g/mol. The quantitative estimate of drug-likeness (QED) is 0.813. The molecule has 1 aromatic heterocycles. The molecule has 16 heavy (non-hydrogen) atoms. The lowest BCUT2D eigenvalue weighted by molar-refractivity contribution is 0.138. The van der Waals surface area contributed by atoms with Crippen LogP contribution in [0.3, 0.4) is 0 Å². The van der Waals surface area contributed by atoms with Crippen LogP contribution in [0.4, 0.5) is 0 Å². The molecule has 3 heteroatoms. The molecular formula is C13H17BrOS. The average Bonchev–Trinajstić information content (AvgIpc) is 2.46. The highest BCUT2D eigenvalue weighted by molar-refractivity contribution is 9.10. The molecular weight excluding hydrogens is 284 g/mol. The summed E-state index contributed by atoms with van der Waals surface area (Å²) < 4.78 is 1.16. The summed E-state index contributed by atoms with van der Waals surface area (Å²) in [5.74, 6) is 0. The Morgan fingerprint density at radius 2 is 2.31 bits per heavy atom. The highest BCUT2D eigenvalue weighted by Gasteiger charge is 2.27. The Bertz CT molecular complexity index is 406. The molecule has 0 aromatic carbocycles. The van der Waals surface area contributed by atoms with Gasteiger partial charge in [-0.1, -0.05) is 25.5 Å². The lowest BCUT2D eigenvalue weighted by Crippen LogP contribution is -2.25. The first-order chi connectivity index (χ1) is 7.44. The molecule has 0 spiro atoms. The van der Waals surface area contributed by atoms with Gasteiger partial charge >= 0.3 is 0 Å². The Morgan fingerprint density at radius 3 is 2.88 bits per heavy atom. The fourth-order valence-corrected chi connectivity index (χ4v) is 3.94. The molecule has 0 fully saturated rings. The molecule has 1 aliphatic carbocycles. The fourth-order valence-electron chi connectivity index (χ4n) is 2.43. The van der Waals surface area contributed by atoms with Crippen LogP contribution in [0.1, 0.15) is 31.6 Å². The molecule has 0 saturated carbocycles. The molecule has 0 saturated heterocycles. The minimum absolute atomic E-state index is 0.234. The third kappa shape index (κ3) is 3.19. The molecule has 0 bridgehead atoms. The van der Waals surface area contributed by atoms with Crippen LogP contribution >= 0.6 is 27.3 Å². The van der Waals surface area contributed by atoms with Crippen molar-refractivity contribution in [1.82, 2.24) is 0 Å². The maximum Gasteiger partial charge on any atom is 0.0728 e. The zero-order valence-electron chi connectivity index (χ0n) is 9.66. The topological polar surface area (TPSA) is 20.2 Å². The third-order valence-electron chi connectivity index (χ3n) is 2.92. The van der Waals surface area contributed by atoms with E-state index in [4.69, 9.17) is 0 Å². The highest BCUT2D eigenvalue weighted by Crippen LogP contribution is 2.37. The van der Waals surface area contributed by atoms with E-state index in [0.717, 1.165) is 23.7 Å². The number of allylic oxidation sites excluding steroid dienone is 1. The zero-order chi connectivity index (χ0) is 11.8. The number of halogens is 1. The SMILES string of the molecule is CC1(C)CC(Cc2cc(Br)cs2)=CC(O)C1. The Kier molecular flexibility index (Phi) is 3.57. The number of rotatable bonds is 2. The van der Waals surface area contributed by atoms with Crippen molar-refractivity contribution in [1.29, 1.82) is 0 Å². The normalized spacial score (nSPS) is 24.2. The molecule has 88 valence electrons. The van der Waals surface area contributed by atoms with Gasteiger partial charge in [0, 0.05) is 21.2 Å². The van der Waals surface area contributed by atoms with Gasteiger partial charge in [0.1, 0.15) is 0 Å². The summed E-state index contributed by atoms with van der Waals surface area (Å²) in [5.41, 5.74) is 1.61. The second kappa shape index (κ2) is 4.63. The molecule has 1 heterocycles. The van der Waals surface area contributed by atoms with E-state index < -0.39 is 0 Å². The predicted molar refractivity (Wildman–Crippen MR) is 72.8 cm³/mol. The highest BCUT2D eigenvalue weighted by atomic mass is 79.9. The van der Waals surface area contributed by atoms with E-state index in [-0.39, 0.29) is 11.5 Å². The summed E-state index contributed by atoms with van der Waals surface area (Å²) in [6, 6.07) is 2.17. The maximum atomic E-state index is 9.82. The van der Waals surface area contributed by atoms with Crippen molar-refractivity contribution >= 4 is 27.3 Å². The molecule has 1 aliphatic rings. The van der Waals surface area contributed by atoms with E-state index >= 15 is 0 Å². The smallest absolute Gasteiger partial charge is 0.0728 e. The van der Waals surface area contributed by atoms with E-state index in [9.17, 15) is 5.11 Å². The standard InChI is InChI=1S/C13H17BrOS/c1-13(2)6-9(3-11(15)7-13)4-12-5-10(14)8-16-12/h3,5,8,11,15H,4,6-7H2,1-2H3. The van der Waals surface area contributed by atoms with Crippen LogP contribution in [0.5, 0.6) is 0 Å². The zero-order valence-corrected chi connectivity index (χ0v) is 12.1. The van der Waals surface area contributed by atoms with E-state index in [2.05, 4.69) is 41.2 Å². The summed E-state index contributed by atoms with van der Waals surface area (Å²) in [7, 11) is 0. The van der Waals surface area contributed by atoms with Crippen molar-refractivity contribution in [3.8, 4) is 0 Å². The maximum absolute atomic E-state index is 9.82. The second-order valence-electron chi connectivity index (χ2n) is 5.35. The summed E-state index contributed by atoms with van der Waals surface area (Å²) in [6.45, 7) is 4.46. The number of aliphatic hydroxyl groups excluding tert-OH is 1. The molecule has 0 aliphatic heterocycles. The van der Waals surface area contributed by atoms with E-state index in [1.807, 2.05) is 6.08 Å². The van der Waals surface area contributed by atoms with E-state index in [1.54, 1.807) is 11.3 Å². The Hall–Kier alpha value is -0.120. The molecule has 0 amide bonds.